The number of phenols is 1. The minimum Gasteiger partial charge on any atom is -0.507 e. The molecule has 8 heteroatoms. The van der Waals surface area contributed by atoms with Gasteiger partial charge in [0, 0.05) is 0 Å². The molecule has 17 heavy (non-hydrogen) atoms. The van der Waals surface area contributed by atoms with E-state index < -0.39 is 34.8 Å². The van der Waals surface area contributed by atoms with Crippen LogP contribution in [0.1, 0.15) is 16.7 Å². The Kier molecular flexibility index (Phi) is 2.97. The number of hydrogen-bond acceptors (Lipinski definition) is 2. The Hall–Kier alpha value is -1.91. The van der Waals surface area contributed by atoms with E-state index in [2.05, 4.69) is 0 Å². The van der Waals surface area contributed by atoms with E-state index in [0.29, 0.717) is 12.1 Å². The minimum atomic E-state index is -5.40. The first-order chi connectivity index (χ1) is 7.59. The van der Waals surface area contributed by atoms with Gasteiger partial charge >= 0.3 is 12.4 Å². The molecule has 0 bridgehead atoms. The maximum Gasteiger partial charge on any atom is 0.420 e. The molecule has 1 rings (SSSR count). The topological polar surface area (TPSA) is 44.0 Å². The number of aromatic hydroxyl groups is 1. The summed E-state index contributed by atoms with van der Waals surface area (Å²) >= 11 is 0. The van der Waals surface area contributed by atoms with Gasteiger partial charge in [-0.05, 0) is 12.1 Å². The molecular weight excluding hydrogens is 252 g/mol. The molecule has 0 radical (unpaired) electrons. The minimum absolute atomic E-state index is 0.399. The number of hydrogen-bond donors (Lipinski definition) is 1. The van der Waals surface area contributed by atoms with Crippen LogP contribution in [-0.2, 0) is 12.4 Å². The molecule has 0 heterocycles. The van der Waals surface area contributed by atoms with Gasteiger partial charge < -0.3 is 5.11 Å². The molecule has 0 aliphatic rings. The monoisotopic (exact) mass is 255 g/mol. The third-order valence-corrected chi connectivity index (χ3v) is 1.87. The molecule has 92 valence electrons. The summed E-state index contributed by atoms with van der Waals surface area (Å²) in [6.07, 6.45) is -10.8. The molecule has 1 N–H and O–H groups in total. The maximum atomic E-state index is 12.4. The summed E-state index contributed by atoms with van der Waals surface area (Å²) in [7, 11) is 0. The number of rotatable bonds is 0. The van der Waals surface area contributed by atoms with E-state index in [4.69, 9.17) is 10.4 Å². The van der Waals surface area contributed by atoms with E-state index >= 15 is 0 Å². The Morgan fingerprint density at radius 1 is 0.941 bits per heavy atom. The van der Waals surface area contributed by atoms with Crippen LogP contribution in [0, 0.1) is 11.3 Å². The molecule has 0 aromatic heterocycles. The van der Waals surface area contributed by atoms with Gasteiger partial charge in [0.25, 0.3) is 0 Å². The number of benzene rings is 1. The lowest BCUT2D eigenvalue weighted by Crippen LogP contribution is -2.18. The summed E-state index contributed by atoms with van der Waals surface area (Å²) in [6.45, 7) is 0. The van der Waals surface area contributed by atoms with E-state index in [9.17, 15) is 26.3 Å². The van der Waals surface area contributed by atoms with E-state index in [-0.39, 0.29) is 0 Å². The average molecular weight is 255 g/mol. The Morgan fingerprint density at radius 3 is 1.76 bits per heavy atom. The normalized spacial score (nSPS) is 12.3. The fourth-order valence-corrected chi connectivity index (χ4v) is 1.27. The summed E-state index contributed by atoms with van der Waals surface area (Å²) in [4.78, 5) is 0. The van der Waals surface area contributed by atoms with Crippen molar-refractivity contribution in [2.24, 2.45) is 0 Å². The van der Waals surface area contributed by atoms with Crippen LogP contribution < -0.4 is 0 Å². The highest BCUT2D eigenvalue weighted by Crippen LogP contribution is 2.45. The smallest absolute Gasteiger partial charge is 0.420 e. The third kappa shape index (κ3) is 2.43. The molecule has 0 aliphatic heterocycles. The first kappa shape index (κ1) is 13.2. The van der Waals surface area contributed by atoms with Crippen LogP contribution in [0.15, 0.2) is 12.1 Å². The van der Waals surface area contributed by atoms with Crippen molar-refractivity contribution in [3.8, 4) is 11.8 Å². The maximum absolute atomic E-state index is 12.4. The molecule has 0 aliphatic carbocycles. The Labute approximate surface area is 90.7 Å². The molecule has 1 aromatic rings. The van der Waals surface area contributed by atoms with E-state index in [1.54, 1.807) is 0 Å². The third-order valence-electron chi connectivity index (χ3n) is 1.87. The van der Waals surface area contributed by atoms with Crippen LogP contribution in [0.25, 0.3) is 0 Å². The number of alkyl halides is 6. The van der Waals surface area contributed by atoms with Crippen molar-refractivity contribution in [2.45, 2.75) is 12.4 Å². The lowest BCUT2D eigenvalue weighted by Gasteiger charge is -2.17. The van der Waals surface area contributed by atoms with Crippen molar-refractivity contribution in [3.63, 3.8) is 0 Å². The Bertz CT molecular complexity index is 482. The van der Waals surface area contributed by atoms with Crippen molar-refractivity contribution >= 4 is 0 Å². The molecule has 0 fully saturated rings. The molecule has 0 saturated heterocycles. The van der Waals surface area contributed by atoms with Crippen LogP contribution in [0.5, 0.6) is 5.75 Å². The van der Waals surface area contributed by atoms with E-state index in [1.807, 2.05) is 0 Å². The second-order valence-electron chi connectivity index (χ2n) is 2.99. The van der Waals surface area contributed by atoms with Crippen molar-refractivity contribution in [2.75, 3.05) is 0 Å². The van der Waals surface area contributed by atoms with Gasteiger partial charge in [-0.2, -0.15) is 31.6 Å². The fraction of sp³-hybridized carbons (Fsp3) is 0.222. The zero-order chi connectivity index (χ0) is 13.4. The molecule has 2 nitrogen and oxygen atoms in total. The van der Waals surface area contributed by atoms with Gasteiger partial charge in [0.15, 0.2) is 0 Å². The zero-order valence-corrected chi connectivity index (χ0v) is 7.82. The highest BCUT2D eigenvalue weighted by atomic mass is 19.4. The van der Waals surface area contributed by atoms with Crippen LogP contribution in [0.3, 0.4) is 0 Å². The Balaban J connectivity index is 3.75. The molecule has 0 amide bonds. The highest BCUT2D eigenvalue weighted by molar-refractivity contribution is 5.52. The predicted molar refractivity (Wildman–Crippen MR) is 42.8 cm³/mol. The van der Waals surface area contributed by atoms with Gasteiger partial charge in [-0.1, -0.05) is 0 Å². The van der Waals surface area contributed by atoms with E-state index in [1.165, 1.54) is 0 Å². The van der Waals surface area contributed by atoms with Gasteiger partial charge in [0.1, 0.15) is 11.3 Å². The SMILES string of the molecule is N#Cc1ccc(O)c(C(F)(F)F)c1C(F)(F)F. The van der Waals surface area contributed by atoms with Crippen LogP contribution in [0.4, 0.5) is 26.3 Å². The number of nitriles is 1. The zero-order valence-electron chi connectivity index (χ0n) is 7.82. The summed E-state index contributed by atoms with van der Waals surface area (Å²) in [5.41, 5.74) is -5.61. The molecular formula is C9H3F6NO. The number of phenolic OH excluding ortho intramolecular Hbond substituents is 1. The van der Waals surface area contributed by atoms with Crippen molar-refractivity contribution in [1.82, 2.24) is 0 Å². The van der Waals surface area contributed by atoms with Gasteiger partial charge in [-0.25, -0.2) is 0 Å². The first-order valence-electron chi connectivity index (χ1n) is 3.99. The molecule has 0 saturated carbocycles. The van der Waals surface area contributed by atoms with Crippen molar-refractivity contribution in [1.29, 1.82) is 5.26 Å². The Morgan fingerprint density at radius 2 is 1.41 bits per heavy atom. The van der Waals surface area contributed by atoms with Gasteiger partial charge in [-0.3, -0.25) is 0 Å². The van der Waals surface area contributed by atoms with Gasteiger partial charge in [0.05, 0.1) is 17.2 Å². The standard InChI is InChI=1S/C9H3F6NO/c10-8(11,12)6-4(3-16)1-2-5(17)7(6)9(13,14)15/h1-2,17H. The number of halogens is 6. The molecule has 0 unspecified atom stereocenters. The van der Waals surface area contributed by atoms with Gasteiger partial charge in [-0.15, -0.1) is 0 Å². The molecule has 1 aromatic carbocycles. The van der Waals surface area contributed by atoms with E-state index in [0.717, 1.165) is 6.07 Å². The highest BCUT2D eigenvalue weighted by Gasteiger charge is 2.47. The fourth-order valence-electron chi connectivity index (χ4n) is 1.27. The van der Waals surface area contributed by atoms with Crippen LogP contribution in [-0.4, -0.2) is 5.11 Å². The quantitative estimate of drug-likeness (QED) is 0.723. The second-order valence-corrected chi connectivity index (χ2v) is 2.99. The number of nitrogens with zero attached hydrogens (tertiary/aromatic N) is 1. The summed E-state index contributed by atoms with van der Waals surface area (Å²) in [5, 5.41) is 17.2. The molecule has 0 atom stereocenters. The summed E-state index contributed by atoms with van der Waals surface area (Å²) in [6, 6.07) is 1.89. The summed E-state index contributed by atoms with van der Waals surface area (Å²) in [5.74, 6) is -1.57. The van der Waals surface area contributed by atoms with Crippen LogP contribution >= 0.6 is 0 Å². The largest absolute Gasteiger partial charge is 0.507 e. The lowest BCUT2D eigenvalue weighted by molar-refractivity contribution is -0.163. The summed E-state index contributed by atoms with van der Waals surface area (Å²) < 4.78 is 74.5. The van der Waals surface area contributed by atoms with Crippen molar-refractivity contribution < 1.29 is 31.4 Å². The second kappa shape index (κ2) is 3.84. The van der Waals surface area contributed by atoms with Crippen LogP contribution in [0.2, 0.25) is 0 Å². The van der Waals surface area contributed by atoms with Gasteiger partial charge in [0.2, 0.25) is 0 Å². The lowest BCUT2D eigenvalue weighted by atomic mass is 9.99. The first-order valence-corrected chi connectivity index (χ1v) is 3.99. The van der Waals surface area contributed by atoms with Crippen molar-refractivity contribution in [3.05, 3.63) is 28.8 Å². The molecule has 0 spiro atoms. The predicted octanol–water partition coefficient (Wildman–Crippen LogP) is 3.30. The average Bonchev–Trinajstić information content (AvgIpc) is 2.13.